The van der Waals surface area contributed by atoms with Gasteiger partial charge in [0.05, 0.1) is 5.69 Å². The van der Waals surface area contributed by atoms with Gasteiger partial charge in [0, 0.05) is 22.4 Å². The lowest BCUT2D eigenvalue weighted by Gasteiger charge is -2.30. The molecular weight excluding hydrogens is 603 g/mol. The molecule has 0 radical (unpaired) electrons. The minimum atomic E-state index is -0.0974. The van der Waals surface area contributed by atoms with Crippen LogP contribution >= 0.6 is 0 Å². The van der Waals surface area contributed by atoms with Crippen molar-refractivity contribution in [2.24, 2.45) is 0 Å². The average molecular weight is 646 g/mol. The van der Waals surface area contributed by atoms with Gasteiger partial charge in [-0.15, -0.1) is 0 Å². The Hall–Kier alpha value is -5.40. The van der Waals surface area contributed by atoms with Crippen molar-refractivity contribution in [3.8, 4) is 33.4 Å². The lowest BCUT2D eigenvalue weighted by Crippen LogP contribution is -2.17. The van der Waals surface area contributed by atoms with Gasteiger partial charge in [-0.25, -0.2) is 0 Å². The quantitative estimate of drug-likeness (QED) is 0.174. The summed E-state index contributed by atoms with van der Waals surface area (Å²) in [4.78, 5) is 2.49. The molecule has 50 heavy (non-hydrogen) atoms. The Labute approximate surface area is 296 Å². The van der Waals surface area contributed by atoms with Crippen LogP contribution in [0.15, 0.2) is 158 Å². The molecule has 1 nitrogen and oxygen atoms in total. The first-order valence-electron chi connectivity index (χ1n) is 18.4. The molecule has 0 spiro atoms. The van der Waals surface area contributed by atoms with Crippen molar-refractivity contribution in [1.82, 2.24) is 0 Å². The van der Waals surface area contributed by atoms with Crippen molar-refractivity contribution in [3.63, 3.8) is 0 Å². The fourth-order valence-corrected chi connectivity index (χ4v) is 8.82. The zero-order valence-electron chi connectivity index (χ0n) is 29.1. The molecular formula is C49H43N. The SMILES string of the molecule is CC1(C)c2cc(N(c3ccc(-c4ccccc4)cc3)c3cc4ccccc4cc3-c3ccccc3)ccc2-c2c(C3CCCCC3)cccc21. The van der Waals surface area contributed by atoms with E-state index in [0.29, 0.717) is 5.92 Å². The highest BCUT2D eigenvalue weighted by atomic mass is 15.1. The van der Waals surface area contributed by atoms with Gasteiger partial charge in [0.15, 0.2) is 0 Å². The Balaban J connectivity index is 1.25. The molecule has 7 aromatic rings. The van der Waals surface area contributed by atoms with E-state index < -0.39 is 0 Å². The smallest absolute Gasteiger partial charge is 0.0546 e. The second-order valence-electron chi connectivity index (χ2n) is 14.8. The van der Waals surface area contributed by atoms with Crippen LogP contribution in [0.2, 0.25) is 0 Å². The Bertz CT molecular complexity index is 2310. The molecule has 2 aliphatic carbocycles. The second kappa shape index (κ2) is 12.5. The molecule has 0 saturated heterocycles. The molecule has 0 aromatic heterocycles. The highest BCUT2D eigenvalue weighted by Crippen LogP contribution is 2.54. The molecule has 7 aromatic carbocycles. The first-order chi connectivity index (χ1) is 24.6. The third-order valence-corrected chi connectivity index (χ3v) is 11.4. The van der Waals surface area contributed by atoms with E-state index in [1.54, 1.807) is 5.56 Å². The average Bonchev–Trinajstić information content (AvgIpc) is 3.41. The van der Waals surface area contributed by atoms with Crippen molar-refractivity contribution < 1.29 is 0 Å². The van der Waals surface area contributed by atoms with Crippen LogP contribution in [0, 0.1) is 0 Å². The molecule has 1 heteroatoms. The van der Waals surface area contributed by atoms with Gasteiger partial charge in [-0.2, -0.15) is 0 Å². The number of hydrogen-bond donors (Lipinski definition) is 0. The van der Waals surface area contributed by atoms with E-state index in [-0.39, 0.29) is 5.41 Å². The predicted molar refractivity (Wildman–Crippen MR) is 213 cm³/mol. The molecule has 0 N–H and O–H groups in total. The first kappa shape index (κ1) is 30.6. The summed E-state index contributed by atoms with van der Waals surface area (Å²) >= 11 is 0. The van der Waals surface area contributed by atoms with Gasteiger partial charge in [-0.1, -0.05) is 154 Å². The van der Waals surface area contributed by atoms with E-state index in [1.165, 1.54) is 98.8 Å². The van der Waals surface area contributed by atoms with E-state index in [2.05, 4.69) is 176 Å². The maximum Gasteiger partial charge on any atom is 0.0546 e. The van der Waals surface area contributed by atoms with Crippen molar-refractivity contribution in [1.29, 1.82) is 0 Å². The molecule has 0 bridgehead atoms. The van der Waals surface area contributed by atoms with Gasteiger partial charge in [-0.3, -0.25) is 0 Å². The highest BCUT2D eigenvalue weighted by Gasteiger charge is 2.38. The van der Waals surface area contributed by atoms with E-state index in [4.69, 9.17) is 0 Å². The van der Waals surface area contributed by atoms with Crippen LogP contribution in [-0.4, -0.2) is 0 Å². The highest BCUT2D eigenvalue weighted by molar-refractivity contribution is 5.99. The van der Waals surface area contributed by atoms with Crippen LogP contribution in [0.25, 0.3) is 44.2 Å². The molecule has 2 aliphatic rings. The maximum absolute atomic E-state index is 2.50. The predicted octanol–water partition coefficient (Wildman–Crippen LogP) is 14.0. The molecule has 1 saturated carbocycles. The summed E-state index contributed by atoms with van der Waals surface area (Å²) in [5, 5.41) is 2.48. The van der Waals surface area contributed by atoms with Gasteiger partial charge in [0.1, 0.15) is 0 Å². The van der Waals surface area contributed by atoms with Gasteiger partial charge < -0.3 is 4.90 Å². The maximum atomic E-state index is 2.50. The van der Waals surface area contributed by atoms with Crippen LogP contribution in [-0.2, 0) is 5.41 Å². The number of anilines is 3. The van der Waals surface area contributed by atoms with Gasteiger partial charge in [0.2, 0.25) is 0 Å². The summed E-state index contributed by atoms with van der Waals surface area (Å²) < 4.78 is 0. The Kier molecular flexibility index (Phi) is 7.65. The summed E-state index contributed by atoms with van der Waals surface area (Å²) in [5.74, 6) is 0.658. The molecule has 1 fully saturated rings. The second-order valence-corrected chi connectivity index (χ2v) is 14.8. The third-order valence-electron chi connectivity index (χ3n) is 11.4. The first-order valence-corrected chi connectivity index (χ1v) is 18.4. The summed E-state index contributed by atoms with van der Waals surface area (Å²) in [6, 6.07) is 58.6. The van der Waals surface area contributed by atoms with E-state index in [0.717, 1.165) is 5.69 Å². The number of rotatable bonds is 6. The zero-order chi connectivity index (χ0) is 33.7. The van der Waals surface area contributed by atoms with E-state index in [1.807, 2.05) is 0 Å². The van der Waals surface area contributed by atoms with Crippen molar-refractivity contribution in [2.45, 2.75) is 57.3 Å². The lowest BCUT2D eigenvalue weighted by molar-refractivity contribution is 0.444. The summed E-state index contributed by atoms with van der Waals surface area (Å²) in [6.45, 7) is 4.85. The molecule has 0 unspecified atom stereocenters. The summed E-state index contributed by atoms with van der Waals surface area (Å²) in [5.41, 5.74) is 15.7. The minimum absolute atomic E-state index is 0.0974. The fraction of sp³-hybridized carbons (Fsp3) is 0.184. The molecule has 9 rings (SSSR count). The van der Waals surface area contributed by atoms with Crippen LogP contribution in [0.5, 0.6) is 0 Å². The zero-order valence-corrected chi connectivity index (χ0v) is 29.1. The van der Waals surface area contributed by atoms with Crippen LogP contribution in [0.1, 0.15) is 68.6 Å². The van der Waals surface area contributed by atoms with Crippen LogP contribution in [0.4, 0.5) is 17.1 Å². The topological polar surface area (TPSA) is 3.24 Å². The lowest BCUT2D eigenvalue weighted by atomic mass is 9.78. The normalized spacial score (nSPS) is 15.1. The van der Waals surface area contributed by atoms with Crippen LogP contribution in [0.3, 0.4) is 0 Å². The number of fused-ring (bicyclic) bond motifs is 4. The summed E-state index contributed by atoms with van der Waals surface area (Å²) in [7, 11) is 0. The molecule has 244 valence electrons. The Morgan fingerprint density at radius 1 is 0.480 bits per heavy atom. The minimum Gasteiger partial charge on any atom is -0.310 e. The number of hydrogen-bond acceptors (Lipinski definition) is 1. The Morgan fingerprint density at radius 3 is 1.82 bits per heavy atom. The molecule has 0 heterocycles. The van der Waals surface area contributed by atoms with Crippen LogP contribution < -0.4 is 4.90 Å². The largest absolute Gasteiger partial charge is 0.310 e. The number of benzene rings is 7. The Morgan fingerprint density at radius 2 is 1.10 bits per heavy atom. The van der Waals surface area contributed by atoms with E-state index >= 15 is 0 Å². The van der Waals surface area contributed by atoms with Gasteiger partial charge in [-0.05, 0) is 110 Å². The fourth-order valence-electron chi connectivity index (χ4n) is 8.82. The monoisotopic (exact) mass is 645 g/mol. The van der Waals surface area contributed by atoms with Crippen molar-refractivity contribution >= 4 is 27.8 Å². The summed E-state index contributed by atoms with van der Waals surface area (Å²) in [6.07, 6.45) is 6.68. The van der Waals surface area contributed by atoms with Gasteiger partial charge >= 0.3 is 0 Å². The third kappa shape index (κ3) is 5.24. The molecule has 0 atom stereocenters. The van der Waals surface area contributed by atoms with E-state index in [9.17, 15) is 0 Å². The van der Waals surface area contributed by atoms with Crippen molar-refractivity contribution in [2.75, 3.05) is 4.90 Å². The van der Waals surface area contributed by atoms with Gasteiger partial charge in [0.25, 0.3) is 0 Å². The molecule has 0 amide bonds. The molecule has 0 aliphatic heterocycles. The van der Waals surface area contributed by atoms with Crippen molar-refractivity contribution in [3.05, 3.63) is 174 Å². The standard InChI is InChI=1S/C49H43N/c1-49(2)45-24-14-23-42(36-17-8-4-9-18-36)48(45)43-30-29-41(33-46(43)49)50(40-27-25-35(26-28-40)34-15-6-3-7-16-34)47-32-39-22-13-12-21-38(39)31-44(47)37-19-10-5-11-20-37/h3,5-7,10-16,19-33,36H,4,8-9,17-18H2,1-2H3. The number of nitrogens with zero attached hydrogens (tertiary/aromatic N) is 1.